The summed E-state index contributed by atoms with van der Waals surface area (Å²) >= 11 is 9.18. The lowest BCUT2D eigenvalue weighted by Crippen LogP contribution is -2.34. The normalized spacial score (nSPS) is 18.3. The zero-order valence-corrected chi connectivity index (χ0v) is 16.1. The summed E-state index contributed by atoms with van der Waals surface area (Å²) in [5.41, 5.74) is 1.65. The minimum absolute atomic E-state index is 0.165. The number of halogens is 5. The average Bonchev–Trinajstić information content (AvgIpc) is 3.31. The van der Waals surface area contributed by atoms with Crippen molar-refractivity contribution in [1.82, 2.24) is 4.98 Å². The third kappa shape index (κ3) is 3.52. The summed E-state index contributed by atoms with van der Waals surface area (Å²) in [6.07, 6.45) is -1.55. The Kier molecular flexibility index (Phi) is 4.38. The molecule has 1 unspecified atom stereocenters. The van der Waals surface area contributed by atoms with Gasteiger partial charge in [0, 0.05) is 24.2 Å². The first kappa shape index (κ1) is 18.6. The van der Waals surface area contributed by atoms with Gasteiger partial charge in [0.05, 0.1) is 16.4 Å². The number of alkyl halides is 4. The zero-order chi connectivity index (χ0) is 19.4. The van der Waals surface area contributed by atoms with Crippen LogP contribution in [0.2, 0.25) is 5.02 Å². The molecule has 1 aliphatic heterocycles. The lowest BCUT2D eigenvalue weighted by molar-refractivity contribution is -0.274. The fourth-order valence-corrected chi connectivity index (χ4v) is 4.06. The third-order valence-electron chi connectivity index (χ3n) is 4.87. The van der Waals surface area contributed by atoms with Crippen molar-refractivity contribution in [1.29, 1.82) is 0 Å². The van der Waals surface area contributed by atoms with E-state index in [4.69, 9.17) is 11.6 Å². The molecule has 4 nitrogen and oxygen atoms in total. The molecule has 1 fully saturated rings. The Morgan fingerprint density at radius 2 is 2.04 bits per heavy atom. The Bertz CT molecular complexity index is 900. The predicted octanol–water partition coefficient (Wildman–Crippen LogP) is 5.15. The van der Waals surface area contributed by atoms with Crippen molar-refractivity contribution in [3.05, 3.63) is 52.8 Å². The van der Waals surface area contributed by atoms with Crippen LogP contribution in [0.1, 0.15) is 28.9 Å². The van der Waals surface area contributed by atoms with Gasteiger partial charge in [0.1, 0.15) is 10.6 Å². The molecular weight excluding hydrogens is 449 g/mol. The minimum atomic E-state index is -4.79. The molecule has 2 aromatic rings. The number of rotatable bonds is 3. The second kappa shape index (κ2) is 6.38. The predicted molar refractivity (Wildman–Crippen MR) is 97.3 cm³/mol. The number of hydrogen-bond acceptors (Lipinski definition) is 3. The van der Waals surface area contributed by atoms with E-state index in [-0.39, 0.29) is 17.1 Å². The van der Waals surface area contributed by atoms with Gasteiger partial charge in [-0.05, 0) is 36.6 Å². The van der Waals surface area contributed by atoms with E-state index in [2.05, 4.69) is 25.7 Å². The number of pyridine rings is 1. The number of carbonyl (C=O) groups excluding carboxylic acids is 1. The van der Waals surface area contributed by atoms with Gasteiger partial charge in [0.25, 0.3) is 0 Å². The van der Waals surface area contributed by atoms with E-state index in [9.17, 15) is 18.0 Å². The Morgan fingerprint density at radius 3 is 2.63 bits per heavy atom. The highest BCUT2D eigenvalue weighted by atomic mass is 79.9. The van der Waals surface area contributed by atoms with Crippen molar-refractivity contribution in [3.63, 3.8) is 0 Å². The van der Waals surface area contributed by atoms with Crippen LogP contribution in [-0.2, 0) is 10.2 Å². The number of nitrogens with zero attached hydrogens (tertiary/aromatic N) is 2. The number of aromatic nitrogens is 1. The first-order valence-corrected chi connectivity index (χ1v) is 9.45. The number of ether oxygens (including phenoxy) is 1. The molecule has 0 radical (unpaired) electrons. The number of hydrogen-bond donors (Lipinski definition) is 0. The molecule has 142 valence electrons. The van der Waals surface area contributed by atoms with E-state index >= 15 is 0 Å². The van der Waals surface area contributed by atoms with Crippen molar-refractivity contribution in [2.45, 2.75) is 29.4 Å². The maximum absolute atomic E-state index is 13.0. The molecule has 1 saturated carbocycles. The molecule has 1 spiro atoms. The summed E-state index contributed by atoms with van der Waals surface area (Å²) in [5, 5.41) is 0.447. The lowest BCUT2D eigenvalue weighted by Gasteiger charge is -2.21. The molecule has 1 amide bonds. The summed E-state index contributed by atoms with van der Waals surface area (Å²) in [6, 6.07) is 7.46. The van der Waals surface area contributed by atoms with E-state index in [0.717, 1.165) is 18.4 Å². The smallest absolute Gasteiger partial charge is 0.406 e. The van der Waals surface area contributed by atoms with E-state index in [1.807, 2.05) is 0 Å². The largest absolute Gasteiger partial charge is 0.573 e. The summed E-state index contributed by atoms with van der Waals surface area (Å²) in [5.74, 6) is -0.633. The summed E-state index contributed by atoms with van der Waals surface area (Å²) in [7, 11) is 0. The fourth-order valence-electron chi connectivity index (χ4n) is 3.43. The molecule has 0 N–H and O–H groups in total. The zero-order valence-electron chi connectivity index (χ0n) is 13.8. The first-order chi connectivity index (χ1) is 12.7. The lowest BCUT2D eigenvalue weighted by atomic mass is 9.99. The van der Waals surface area contributed by atoms with Gasteiger partial charge in [0.15, 0.2) is 0 Å². The maximum atomic E-state index is 13.0. The van der Waals surface area contributed by atoms with Gasteiger partial charge in [-0.3, -0.25) is 9.78 Å². The summed E-state index contributed by atoms with van der Waals surface area (Å²) in [4.78, 5) is 18.0. The molecule has 4 rings (SSSR count). The topological polar surface area (TPSA) is 42.4 Å². The molecular formula is C18H13BrClF3N2O2. The van der Waals surface area contributed by atoms with Gasteiger partial charge >= 0.3 is 6.36 Å². The highest BCUT2D eigenvalue weighted by molar-refractivity contribution is 9.09. The van der Waals surface area contributed by atoms with Crippen molar-refractivity contribution in [3.8, 4) is 5.75 Å². The van der Waals surface area contributed by atoms with Crippen molar-refractivity contribution in [2.75, 3.05) is 11.4 Å². The van der Waals surface area contributed by atoms with Crippen LogP contribution in [0.5, 0.6) is 5.75 Å². The molecule has 1 atom stereocenters. The quantitative estimate of drug-likeness (QED) is 0.594. The van der Waals surface area contributed by atoms with Gasteiger partial charge in [-0.1, -0.05) is 33.6 Å². The Morgan fingerprint density at radius 1 is 1.30 bits per heavy atom. The first-order valence-electron chi connectivity index (χ1n) is 8.16. The number of fused-ring (bicyclic) bond motifs is 2. The monoisotopic (exact) mass is 460 g/mol. The standard InChI is InChI=1S/C18H13BrClF3N2O2/c19-15(13-4-1-10(20)8-24-13)16(26)25-9-17(5-6-17)12-3-2-11(7-14(12)25)27-18(21,22)23/h1-4,7-8,15H,5-6,9H2. The molecule has 2 aliphatic rings. The van der Waals surface area contributed by atoms with E-state index in [0.29, 0.717) is 22.9 Å². The van der Waals surface area contributed by atoms with E-state index in [1.165, 1.54) is 23.2 Å². The van der Waals surface area contributed by atoms with E-state index < -0.39 is 11.2 Å². The number of amides is 1. The number of benzene rings is 1. The molecule has 1 aliphatic carbocycles. The second-order valence-corrected chi connectivity index (χ2v) is 8.05. The number of anilines is 1. The van der Waals surface area contributed by atoms with Crippen LogP contribution in [0, 0.1) is 0 Å². The molecule has 2 heterocycles. The van der Waals surface area contributed by atoms with Gasteiger partial charge in [-0.25, -0.2) is 0 Å². The fraction of sp³-hybridized carbons (Fsp3) is 0.333. The second-order valence-electron chi connectivity index (χ2n) is 6.70. The van der Waals surface area contributed by atoms with Crippen molar-refractivity contribution >= 4 is 39.1 Å². The molecule has 9 heteroatoms. The van der Waals surface area contributed by atoms with Crippen LogP contribution in [0.3, 0.4) is 0 Å². The van der Waals surface area contributed by atoms with Crippen LogP contribution in [0.4, 0.5) is 18.9 Å². The van der Waals surface area contributed by atoms with Crippen molar-refractivity contribution < 1.29 is 22.7 Å². The SMILES string of the molecule is O=C(C(Br)c1ccc(Cl)cn1)N1CC2(CC2)c2ccc(OC(F)(F)F)cc21. The van der Waals surface area contributed by atoms with Gasteiger partial charge in [0.2, 0.25) is 5.91 Å². The van der Waals surface area contributed by atoms with Crippen LogP contribution in [0.25, 0.3) is 0 Å². The number of carbonyl (C=O) groups is 1. The minimum Gasteiger partial charge on any atom is -0.406 e. The summed E-state index contributed by atoms with van der Waals surface area (Å²) < 4.78 is 41.7. The van der Waals surface area contributed by atoms with Crippen LogP contribution in [-0.4, -0.2) is 23.8 Å². The molecule has 0 bridgehead atoms. The molecule has 1 aromatic heterocycles. The average molecular weight is 462 g/mol. The van der Waals surface area contributed by atoms with E-state index in [1.54, 1.807) is 18.2 Å². The Labute approximate surface area is 166 Å². The molecule has 1 aromatic carbocycles. The molecule has 27 heavy (non-hydrogen) atoms. The summed E-state index contributed by atoms with van der Waals surface area (Å²) in [6.45, 7) is 0.437. The highest BCUT2D eigenvalue weighted by Gasteiger charge is 2.53. The van der Waals surface area contributed by atoms with Crippen molar-refractivity contribution in [2.24, 2.45) is 0 Å². The van der Waals surface area contributed by atoms with Gasteiger partial charge in [-0.2, -0.15) is 0 Å². The van der Waals surface area contributed by atoms with Crippen LogP contribution < -0.4 is 9.64 Å². The third-order valence-corrected chi connectivity index (χ3v) is 5.96. The highest BCUT2D eigenvalue weighted by Crippen LogP contribution is 2.57. The molecule has 0 saturated heterocycles. The Hall–Kier alpha value is -1.80. The Balaban J connectivity index is 1.66. The van der Waals surface area contributed by atoms with Gasteiger partial charge in [-0.15, -0.1) is 13.2 Å². The van der Waals surface area contributed by atoms with Crippen LogP contribution >= 0.6 is 27.5 Å². The van der Waals surface area contributed by atoms with Gasteiger partial charge < -0.3 is 9.64 Å². The maximum Gasteiger partial charge on any atom is 0.573 e. The van der Waals surface area contributed by atoms with Crippen LogP contribution in [0.15, 0.2) is 36.5 Å².